The number of likely N-dealkylation sites (N-methyl/N-ethyl adjacent to an activating group) is 1. The molecule has 6 nitrogen and oxygen atoms in total. The number of nitrogens with one attached hydrogen (secondary N) is 2. The lowest BCUT2D eigenvalue weighted by Gasteiger charge is -2.15. The summed E-state index contributed by atoms with van der Waals surface area (Å²) in [5.74, 6) is -0.0459. The first kappa shape index (κ1) is 16.5. The number of nitrogens with zero attached hydrogens (tertiary/aromatic N) is 1. The van der Waals surface area contributed by atoms with Crippen LogP contribution < -0.4 is 10.6 Å². The number of carbonyl (C=O) groups excluding carboxylic acids is 1. The first-order chi connectivity index (χ1) is 9.43. The fraction of sp³-hybridized carbons (Fsp3) is 0.462. The molecule has 0 bridgehead atoms. The molecule has 2 unspecified atom stereocenters. The summed E-state index contributed by atoms with van der Waals surface area (Å²) in [5, 5.41) is 16.2. The lowest BCUT2D eigenvalue weighted by molar-refractivity contribution is -0.384. The largest absolute Gasteiger partial charge is 0.354 e. The van der Waals surface area contributed by atoms with E-state index < -0.39 is 4.92 Å². The summed E-state index contributed by atoms with van der Waals surface area (Å²) in [6, 6.07) is 6.41. The molecule has 0 radical (unpaired) electrons. The highest BCUT2D eigenvalue weighted by Gasteiger charge is 2.15. The predicted octanol–water partition coefficient (Wildman–Crippen LogP) is 1.80. The first-order valence-corrected chi connectivity index (χ1v) is 7.18. The molecule has 110 valence electrons. The molecular formula is C13H19N3O3S. The molecule has 20 heavy (non-hydrogen) atoms. The standard InChI is InChI=1S/C13H19N3O3S/c1-9(14-3)8-15-13(17)10(2)20-12-6-4-11(5-7-12)16(18)19/h4-7,9-10,14H,8H2,1-3H3,(H,15,17). The molecule has 2 N–H and O–H groups in total. The van der Waals surface area contributed by atoms with Crippen LogP contribution in [0.25, 0.3) is 0 Å². The lowest BCUT2D eigenvalue weighted by Crippen LogP contribution is -2.40. The van der Waals surface area contributed by atoms with Gasteiger partial charge in [-0.2, -0.15) is 0 Å². The third kappa shape index (κ3) is 5.18. The Morgan fingerprint density at radius 3 is 2.45 bits per heavy atom. The zero-order chi connectivity index (χ0) is 15.1. The maximum absolute atomic E-state index is 11.9. The van der Waals surface area contributed by atoms with Gasteiger partial charge in [0.2, 0.25) is 5.91 Å². The number of non-ortho nitro benzene ring substituents is 1. The molecule has 1 rings (SSSR count). The van der Waals surface area contributed by atoms with Crippen LogP contribution in [0, 0.1) is 10.1 Å². The van der Waals surface area contributed by atoms with Crippen molar-refractivity contribution in [3.05, 3.63) is 34.4 Å². The van der Waals surface area contributed by atoms with Crippen LogP contribution in [0.1, 0.15) is 13.8 Å². The highest BCUT2D eigenvalue weighted by molar-refractivity contribution is 8.00. The van der Waals surface area contributed by atoms with E-state index in [0.29, 0.717) is 6.54 Å². The summed E-state index contributed by atoms with van der Waals surface area (Å²) in [6.07, 6.45) is 0. The summed E-state index contributed by atoms with van der Waals surface area (Å²) >= 11 is 1.38. The number of thioether (sulfide) groups is 1. The van der Waals surface area contributed by atoms with Crippen molar-refractivity contribution in [2.75, 3.05) is 13.6 Å². The molecule has 0 aliphatic carbocycles. The van der Waals surface area contributed by atoms with Gasteiger partial charge in [-0.1, -0.05) is 0 Å². The van der Waals surface area contributed by atoms with Gasteiger partial charge in [0.25, 0.3) is 5.69 Å². The van der Waals surface area contributed by atoms with Crippen molar-refractivity contribution in [1.82, 2.24) is 10.6 Å². The Labute approximate surface area is 122 Å². The van der Waals surface area contributed by atoms with Crippen molar-refractivity contribution in [2.24, 2.45) is 0 Å². The second kappa shape index (κ2) is 7.86. The van der Waals surface area contributed by atoms with Gasteiger partial charge >= 0.3 is 0 Å². The van der Waals surface area contributed by atoms with Gasteiger partial charge in [0.05, 0.1) is 10.2 Å². The van der Waals surface area contributed by atoms with Gasteiger partial charge in [-0.15, -0.1) is 11.8 Å². The smallest absolute Gasteiger partial charge is 0.269 e. The SMILES string of the molecule is CNC(C)CNC(=O)C(C)Sc1ccc([N+](=O)[O-])cc1. The van der Waals surface area contributed by atoms with E-state index in [1.807, 2.05) is 20.9 Å². The minimum absolute atomic E-state index is 0.0459. The number of carbonyl (C=O) groups is 1. The maximum Gasteiger partial charge on any atom is 0.269 e. The molecule has 0 aliphatic rings. The Kier molecular flexibility index (Phi) is 6.47. The molecule has 0 spiro atoms. The average molecular weight is 297 g/mol. The average Bonchev–Trinajstić information content (AvgIpc) is 2.44. The highest BCUT2D eigenvalue weighted by Crippen LogP contribution is 2.25. The summed E-state index contributed by atoms with van der Waals surface area (Å²) in [6.45, 7) is 4.36. The van der Waals surface area contributed by atoms with Gasteiger partial charge in [0, 0.05) is 29.6 Å². The number of hydrogen-bond acceptors (Lipinski definition) is 5. The van der Waals surface area contributed by atoms with Crippen LogP contribution in [0.2, 0.25) is 0 Å². The molecular weight excluding hydrogens is 278 g/mol. The molecule has 1 aromatic rings. The van der Waals surface area contributed by atoms with Crippen LogP contribution in [0.5, 0.6) is 0 Å². The number of hydrogen-bond donors (Lipinski definition) is 2. The van der Waals surface area contributed by atoms with Crippen LogP contribution in [-0.2, 0) is 4.79 Å². The number of amides is 1. The molecule has 0 saturated heterocycles. The van der Waals surface area contributed by atoms with E-state index in [1.165, 1.54) is 23.9 Å². The second-order valence-electron chi connectivity index (χ2n) is 4.45. The van der Waals surface area contributed by atoms with Gasteiger partial charge in [0.1, 0.15) is 0 Å². The summed E-state index contributed by atoms with van der Waals surface area (Å²) in [5.41, 5.74) is 0.0503. The van der Waals surface area contributed by atoms with E-state index in [9.17, 15) is 14.9 Å². The van der Waals surface area contributed by atoms with Crippen molar-refractivity contribution in [3.8, 4) is 0 Å². The molecule has 0 heterocycles. The van der Waals surface area contributed by atoms with E-state index in [0.717, 1.165) is 4.90 Å². The van der Waals surface area contributed by atoms with Gasteiger partial charge in [-0.3, -0.25) is 14.9 Å². The third-order valence-corrected chi connectivity index (χ3v) is 3.92. The van der Waals surface area contributed by atoms with E-state index in [1.54, 1.807) is 12.1 Å². The zero-order valence-electron chi connectivity index (χ0n) is 11.8. The van der Waals surface area contributed by atoms with Crippen molar-refractivity contribution in [3.63, 3.8) is 0 Å². The minimum Gasteiger partial charge on any atom is -0.354 e. The topological polar surface area (TPSA) is 84.3 Å². The fourth-order valence-electron chi connectivity index (χ4n) is 1.40. The highest BCUT2D eigenvalue weighted by atomic mass is 32.2. The zero-order valence-corrected chi connectivity index (χ0v) is 12.6. The molecule has 1 amide bonds. The van der Waals surface area contributed by atoms with Crippen LogP contribution in [0.3, 0.4) is 0 Å². The Balaban J connectivity index is 2.50. The second-order valence-corrected chi connectivity index (χ2v) is 5.86. The quantitative estimate of drug-likeness (QED) is 0.455. The third-order valence-electron chi connectivity index (χ3n) is 2.80. The first-order valence-electron chi connectivity index (χ1n) is 6.30. The normalized spacial score (nSPS) is 13.6. The Morgan fingerprint density at radius 2 is 1.95 bits per heavy atom. The minimum atomic E-state index is -0.441. The Morgan fingerprint density at radius 1 is 1.35 bits per heavy atom. The molecule has 0 aliphatic heterocycles. The Bertz CT molecular complexity index is 464. The van der Waals surface area contributed by atoms with Crippen LogP contribution >= 0.6 is 11.8 Å². The molecule has 7 heteroatoms. The van der Waals surface area contributed by atoms with Gasteiger partial charge in [-0.05, 0) is 33.0 Å². The number of nitro groups is 1. The number of benzene rings is 1. The maximum atomic E-state index is 11.9. The molecule has 1 aromatic carbocycles. The van der Waals surface area contributed by atoms with Gasteiger partial charge in [0.15, 0.2) is 0 Å². The van der Waals surface area contributed by atoms with E-state index in [4.69, 9.17) is 0 Å². The summed E-state index contributed by atoms with van der Waals surface area (Å²) < 4.78 is 0. The number of rotatable bonds is 7. The van der Waals surface area contributed by atoms with Crippen molar-refractivity contribution >= 4 is 23.4 Å². The van der Waals surface area contributed by atoms with Gasteiger partial charge in [-0.25, -0.2) is 0 Å². The molecule has 0 aromatic heterocycles. The Hall–Kier alpha value is -1.60. The van der Waals surface area contributed by atoms with Crippen molar-refractivity contribution in [2.45, 2.75) is 30.0 Å². The van der Waals surface area contributed by atoms with E-state index >= 15 is 0 Å². The van der Waals surface area contributed by atoms with Crippen LogP contribution in [0.4, 0.5) is 5.69 Å². The lowest BCUT2D eigenvalue weighted by atomic mass is 10.3. The van der Waals surface area contributed by atoms with Crippen LogP contribution in [0.15, 0.2) is 29.2 Å². The van der Waals surface area contributed by atoms with Crippen molar-refractivity contribution in [1.29, 1.82) is 0 Å². The monoisotopic (exact) mass is 297 g/mol. The van der Waals surface area contributed by atoms with Crippen molar-refractivity contribution < 1.29 is 9.72 Å². The van der Waals surface area contributed by atoms with Crippen LogP contribution in [-0.4, -0.2) is 35.7 Å². The summed E-state index contributed by atoms with van der Waals surface area (Å²) in [4.78, 5) is 22.8. The fourth-order valence-corrected chi connectivity index (χ4v) is 2.30. The molecule has 0 fully saturated rings. The summed E-state index contributed by atoms with van der Waals surface area (Å²) in [7, 11) is 1.84. The van der Waals surface area contributed by atoms with E-state index in [-0.39, 0.29) is 22.9 Å². The van der Waals surface area contributed by atoms with E-state index in [2.05, 4.69) is 10.6 Å². The predicted molar refractivity (Wildman–Crippen MR) is 79.9 cm³/mol. The molecule has 2 atom stereocenters. The number of nitro benzene ring substituents is 1. The molecule has 0 saturated carbocycles. The van der Waals surface area contributed by atoms with Gasteiger partial charge < -0.3 is 10.6 Å².